The van der Waals surface area contributed by atoms with Gasteiger partial charge in [-0.15, -0.1) is 0 Å². The van der Waals surface area contributed by atoms with E-state index in [1.165, 1.54) is 44.9 Å². The first kappa shape index (κ1) is 12.9. The third kappa shape index (κ3) is 4.16. The Hall–Kier alpha value is -1.16. The van der Waals surface area contributed by atoms with E-state index in [0.717, 1.165) is 18.8 Å². The summed E-state index contributed by atoms with van der Waals surface area (Å²) in [4.78, 5) is 8.73. The fraction of sp³-hybridized carbons (Fsp3) is 0.733. The molecule has 1 aromatic rings. The van der Waals surface area contributed by atoms with Gasteiger partial charge in [-0.05, 0) is 31.6 Å². The van der Waals surface area contributed by atoms with Gasteiger partial charge < -0.3 is 10.1 Å². The maximum Gasteiger partial charge on any atom is 0.232 e. The van der Waals surface area contributed by atoms with Crippen LogP contribution in [0.3, 0.4) is 0 Å². The molecule has 1 N–H and O–H groups in total. The topological polar surface area (TPSA) is 47.0 Å². The van der Waals surface area contributed by atoms with Gasteiger partial charge in [0, 0.05) is 12.6 Å². The molecule has 1 aromatic heterocycles. The molecular weight excluding hydrogens is 238 g/mol. The lowest BCUT2D eigenvalue weighted by Gasteiger charge is -2.21. The number of aromatic nitrogens is 2. The van der Waals surface area contributed by atoms with E-state index < -0.39 is 0 Å². The first-order valence-electron chi connectivity index (χ1n) is 7.57. The van der Waals surface area contributed by atoms with Crippen LogP contribution in [0.5, 0.6) is 5.88 Å². The van der Waals surface area contributed by atoms with Crippen LogP contribution in [0.25, 0.3) is 0 Å². The van der Waals surface area contributed by atoms with Crippen LogP contribution in [0.1, 0.15) is 50.6 Å². The van der Waals surface area contributed by atoms with E-state index in [1.54, 1.807) is 6.20 Å². The van der Waals surface area contributed by atoms with Crippen molar-refractivity contribution in [1.29, 1.82) is 0 Å². The molecular formula is C15H23N3O. The van der Waals surface area contributed by atoms with Crippen molar-refractivity contribution in [2.75, 3.05) is 6.61 Å². The van der Waals surface area contributed by atoms with Crippen molar-refractivity contribution < 1.29 is 4.74 Å². The summed E-state index contributed by atoms with van der Waals surface area (Å²) in [6.45, 7) is 1.62. The summed E-state index contributed by atoms with van der Waals surface area (Å²) in [6, 6.07) is 0.712. The average Bonchev–Trinajstić information content (AvgIpc) is 3.29. The number of nitrogens with one attached hydrogen (secondary N) is 1. The van der Waals surface area contributed by atoms with Crippen molar-refractivity contribution >= 4 is 0 Å². The highest BCUT2D eigenvalue weighted by Crippen LogP contribution is 2.24. The molecule has 0 aliphatic heterocycles. The second-order valence-electron chi connectivity index (χ2n) is 5.82. The van der Waals surface area contributed by atoms with E-state index in [1.807, 2.05) is 6.20 Å². The Bertz CT molecular complexity index is 383. The molecule has 1 heterocycles. The number of hydrogen-bond donors (Lipinski definition) is 1. The minimum absolute atomic E-state index is 0.667. The van der Waals surface area contributed by atoms with Crippen LogP contribution in [-0.2, 0) is 6.54 Å². The predicted molar refractivity (Wildman–Crippen MR) is 74.0 cm³/mol. The Balaban J connectivity index is 1.42. The summed E-state index contributed by atoms with van der Waals surface area (Å²) in [5, 5.41) is 3.43. The van der Waals surface area contributed by atoms with Gasteiger partial charge in [0.05, 0.1) is 24.7 Å². The second kappa shape index (κ2) is 6.33. The molecule has 19 heavy (non-hydrogen) atoms. The van der Waals surface area contributed by atoms with Gasteiger partial charge in [0.25, 0.3) is 0 Å². The van der Waals surface area contributed by atoms with Crippen molar-refractivity contribution in [1.82, 2.24) is 15.3 Å². The van der Waals surface area contributed by atoms with E-state index >= 15 is 0 Å². The van der Waals surface area contributed by atoms with Crippen LogP contribution in [0.4, 0.5) is 0 Å². The van der Waals surface area contributed by atoms with Gasteiger partial charge in [-0.3, -0.25) is 4.98 Å². The van der Waals surface area contributed by atoms with Crippen LogP contribution in [0.15, 0.2) is 12.4 Å². The molecule has 104 valence electrons. The number of rotatable bonds is 6. The van der Waals surface area contributed by atoms with Crippen LogP contribution in [0.2, 0.25) is 0 Å². The van der Waals surface area contributed by atoms with Crippen LogP contribution >= 0.6 is 0 Å². The van der Waals surface area contributed by atoms with E-state index in [9.17, 15) is 0 Å². The van der Waals surface area contributed by atoms with Crippen molar-refractivity contribution in [3.8, 4) is 5.88 Å². The Kier molecular flexibility index (Phi) is 4.28. The fourth-order valence-corrected chi connectivity index (χ4v) is 2.60. The standard InChI is InChI=1S/C15H23N3O/c1-2-4-12(5-3-1)11-19-15-10-17-14(9-18-15)8-16-13-6-7-13/h9-10,12-13,16H,1-8,11H2. The number of nitrogens with zero attached hydrogens (tertiary/aromatic N) is 2. The summed E-state index contributed by atoms with van der Waals surface area (Å²) < 4.78 is 5.74. The van der Waals surface area contributed by atoms with Crippen LogP contribution in [-0.4, -0.2) is 22.6 Å². The first-order chi connectivity index (χ1) is 9.40. The SMILES string of the molecule is c1nc(OCC2CCCCC2)cnc1CNC1CC1. The molecule has 0 unspecified atom stereocenters. The Morgan fingerprint density at radius 3 is 2.58 bits per heavy atom. The minimum atomic E-state index is 0.667. The predicted octanol–water partition coefficient (Wildman–Crippen LogP) is 2.69. The average molecular weight is 261 g/mol. The highest BCUT2D eigenvalue weighted by atomic mass is 16.5. The molecule has 4 heteroatoms. The first-order valence-corrected chi connectivity index (χ1v) is 7.57. The monoisotopic (exact) mass is 261 g/mol. The molecule has 2 aliphatic rings. The molecule has 2 saturated carbocycles. The van der Waals surface area contributed by atoms with Crippen LogP contribution in [0, 0.1) is 5.92 Å². The number of hydrogen-bond acceptors (Lipinski definition) is 4. The van der Waals surface area contributed by atoms with Gasteiger partial charge in [-0.1, -0.05) is 19.3 Å². The molecule has 0 saturated heterocycles. The van der Waals surface area contributed by atoms with Gasteiger partial charge in [-0.25, -0.2) is 4.98 Å². The summed E-state index contributed by atoms with van der Waals surface area (Å²) >= 11 is 0. The summed E-state index contributed by atoms with van der Waals surface area (Å²) in [7, 11) is 0. The molecule has 3 rings (SSSR count). The molecule has 0 bridgehead atoms. The van der Waals surface area contributed by atoms with Gasteiger partial charge in [-0.2, -0.15) is 0 Å². The maximum atomic E-state index is 5.74. The zero-order valence-corrected chi connectivity index (χ0v) is 11.5. The third-order valence-electron chi connectivity index (χ3n) is 4.02. The zero-order valence-electron chi connectivity index (χ0n) is 11.5. The lowest BCUT2D eigenvalue weighted by molar-refractivity contribution is 0.202. The molecule has 0 radical (unpaired) electrons. The minimum Gasteiger partial charge on any atom is -0.476 e. The van der Waals surface area contributed by atoms with Crippen molar-refractivity contribution in [3.63, 3.8) is 0 Å². The fourth-order valence-electron chi connectivity index (χ4n) is 2.60. The van der Waals surface area contributed by atoms with Crippen molar-refractivity contribution in [2.45, 2.75) is 57.5 Å². The highest BCUT2D eigenvalue weighted by molar-refractivity contribution is 5.07. The molecule has 0 atom stereocenters. The molecule has 0 amide bonds. The molecule has 2 fully saturated rings. The quantitative estimate of drug-likeness (QED) is 0.855. The maximum absolute atomic E-state index is 5.74. The Morgan fingerprint density at radius 1 is 1.05 bits per heavy atom. The van der Waals surface area contributed by atoms with E-state index in [-0.39, 0.29) is 0 Å². The van der Waals surface area contributed by atoms with Gasteiger partial charge in [0.1, 0.15) is 0 Å². The summed E-state index contributed by atoms with van der Waals surface area (Å²) in [5.74, 6) is 1.38. The Labute approximate surface area is 115 Å². The smallest absolute Gasteiger partial charge is 0.232 e. The van der Waals surface area contributed by atoms with Crippen LogP contribution < -0.4 is 10.1 Å². The third-order valence-corrected chi connectivity index (χ3v) is 4.02. The molecule has 0 spiro atoms. The lowest BCUT2D eigenvalue weighted by atomic mass is 9.90. The van der Waals surface area contributed by atoms with Gasteiger partial charge in [0.2, 0.25) is 5.88 Å². The molecule has 0 aromatic carbocycles. The normalized spacial score (nSPS) is 20.4. The Morgan fingerprint density at radius 2 is 1.89 bits per heavy atom. The summed E-state index contributed by atoms with van der Waals surface area (Å²) in [5.41, 5.74) is 0.997. The highest BCUT2D eigenvalue weighted by Gasteiger charge is 2.20. The molecule has 4 nitrogen and oxygen atoms in total. The van der Waals surface area contributed by atoms with Crippen molar-refractivity contribution in [2.24, 2.45) is 5.92 Å². The lowest BCUT2D eigenvalue weighted by Crippen LogP contribution is -2.17. The van der Waals surface area contributed by atoms with E-state index in [4.69, 9.17) is 4.74 Å². The van der Waals surface area contributed by atoms with Gasteiger partial charge >= 0.3 is 0 Å². The van der Waals surface area contributed by atoms with Crippen molar-refractivity contribution in [3.05, 3.63) is 18.1 Å². The zero-order chi connectivity index (χ0) is 12.9. The largest absolute Gasteiger partial charge is 0.476 e. The van der Waals surface area contributed by atoms with Gasteiger partial charge in [0.15, 0.2) is 0 Å². The second-order valence-corrected chi connectivity index (χ2v) is 5.82. The van der Waals surface area contributed by atoms with E-state index in [0.29, 0.717) is 17.8 Å². The number of ether oxygens (including phenoxy) is 1. The van der Waals surface area contributed by atoms with E-state index in [2.05, 4.69) is 15.3 Å². The molecule has 2 aliphatic carbocycles. The summed E-state index contributed by atoms with van der Waals surface area (Å²) in [6.07, 6.45) is 12.9.